The van der Waals surface area contributed by atoms with Gasteiger partial charge in [0, 0.05) is 51.1 Å². The van der Waals surface area contributed by atoms with Crippen molar-refractivity contribution in [3.8, 4) is 17.6 Å². The van der Waals surface area contributed by atoms with Gasteiger partial charge in [0.1, 0.15) is 6.04 Å². The zero-order chi connectivity index (χ0) is 22.6. The first-order valence-electron chi connectivity index (χ1n) is 10.4. The summed E-state index contributed by atoms with van der Waals surface area (Å²) in [5.74, 6) is 0.674. The van der Waals surface area contributed by atoms with Crippen LogP contribution < -0.4 is 9.47 Å². The van der Waals surface area contributed by atoms with Crippen molar-refractivity contribution in [2.24, 2.45) is 5.41 Å². The fraction of sp³-hybridized carbons (Fsp3) is 0.545. The number of fused-ring (bicyclic) bond motifs is 2. The quantitative estimate of drug-likeness (QED) is 0.378. The normalized spacial score (nSPS) is 30.9. The standard InChI is InChI=1S/C22H27N4O4S.U/c1-5-25(6-2)12-21(11-23)10-22(31)20(28)24(4)14(3)19(27)26(22)18(21)15-7-8-16-17(9-15)30-13-29-16;/h7-9,14,18,31H,1,5-6,10,12-13H2,2-4H3;/q-1;/t14-,18-,21+,22-;/m0./s1. The van der Waals surface area contributed by atoms with Crippen molar-refractivity contribution in [3.63, 3.8) is 0 Å². The molecule has 170 valence electrons. The van der Waals surface area contributed by atoms with Gasteiger partial charge in [-0.15, -0.1) is 19.2 Å². The van der Waals surface area contributed by atoms with Crippen molar-refractivity contribution in [2.45, 2.75) is 37.2 Å². The molecule has 0 bridgehead atoms. The summed E-state index contributed by atoms with van der Waals surface area (Å²) in [4.78, 5) is 30.4. The molecule has 0 unspecified atom stereocenters. The van der Waals surface area contributed by atoms with E-state index < -0.39 is 22.4 Å². The smallest absolute Gasteiger partial charge is 0.259 e. The van der Waals surface area contributed by atoms with E-state index in [4.69, 9.17) is 22.1 Å². The van der Waals surface area contributed by atoms with Crippen LogP contribution in [-0.2, 0) is 9.59 Å². The van der Waals surface area contributed by atoms with Gasteiger partial charge in [0.15, 0.2) is 16.4 Å². The number of carbonyl (C=O) groups is 2. The third-order valence-electron chi connectivity index (χ3n) is 6.78. The molecule has 3 heterocycles. The van der Waals surface area contributed by atoms with E-state index in [1.54, 1.807) is 26.1 Å². The molecule has 0 aliphatic carbocycles. The molecular weight excluding hydrogens is 654 g/mol. The number of hydrogen-bond donors (Lipinski definition) is 1. The number of benzene rings is 1. The number of nitrogens with zero attached hydrogens (tertiary/aromatic N) is 4. The summed E-state index contributed by atoms with van der Waals surface area (Å²) in [5, 5.41) is 10.5. The second-order valence-corrected chi connectivity index (χ2v) is 9.19. The van der Waals surface area contributed by atoms with Crippen LogP contribution in [0.4, 0.5) is 0 Å². The summed E-state index contributed by atoms with van der Waals surface area (Å²) in [6.45, 7) is 9.35. The molecule has 1 aromatic carbocycles. The molecular formula is C22H27N4O4SU-. The van der Waals surface area contributed by atoms with Crippen molar-refractivity contribution in [1.29, 1.82) is 5.26 Å². The number of hydrogen-bond acceptors (Lipinski definition) is 7. The molecule has 4 rings (SSSR count). The van der Waals surface area contributed by atoms with Gasteiger partial charge in [-0.25, -0.2) is 0 Å². The minimum Gasteiger partial charge on any atom is -0.454 e. The number of likely N-dealkylation sites (N-methyl/N-ethyl adjacent to an activating group) is 1. The first-order chi connectivity index (χ1) is 14.7. The van der Waals surface area contributed by atoms with Crippen molar-refractivity contribution in [2.75, 3.05) is 33.5 Å². The van der Waals surface area contributed by atoms with Gasteiger partial charge in [-0.05, 0) is 31.2 Å². The minimum atomic E-state index is -1.41. The molecule has 0 spiro atoms. The van der Waals surface area contributed by atoms with Crippen LogP contribution >= 0.6 is 12.6 Å². The first kappa shape index (κ1) is 25.2. The number of amides is 2. The van der Waals surface area contributed by atoms with Crippen LogP contribution in [0.15, 0.2) is 18.2 Å². The Hall–Kier alpha value is -1.39. The van der Waals surface area contributed by atoms with Gasteiger partial charge in [0.2, 0.25) is 12.7 Å². The Morgan fingerprint density at radius 1 is 1.34 bits per heavy atom. The Kier molecular flexibility index (Phi) is 7.18. The summed E-state index contributed by atoms with van der Waals surface area (Å²) < 4.78 is 11.0. The number of carbonyl (C=O) groups excluding carboxylic acids is 2. The van der Waals surface area contributed by atoms with Crippen LogP contribution in [-0.4, -0.2) is 70.9 Å². The molecule has 3 aliphatic rings. The van der Waals surface area contributed by atoms with Gasteiger partial charge in [0.25, 0.3) is 5.91 Å². The molecule has 2 amide bonds. The van der Waals surface area contributed by atoms with Crippen LogP contribution in [0, 0.1) is 54.8 Å². The molecule has 0 aromatic heterocycles. The maximum Gasteiger partial charge on any atom is 0.259 e. The Balaban J connectivity index is 0.00000289. The van der Waals surface area contributed by atoms with E-state index in [9.17, 15) is 14.9 Å². The summed E-state index contributed by atoms with van der Waals surface area (Å²) in [6.07, 6.45) is 0.122. The van der Waals surface area contributed by atoms with Crippen LogP contribution in [0.2, 0.25) is 0 Å². The van der Waals surface area contributed by atoms with E-state index in [1.807, 2.05) is 17.9 Å². The molecule has 0 saturated carbocycles. The number of rotatable bonds is 5. The van der Waals surface area contributed by atoms with Gasteiger partial charge in [0.05, 0.1) is 17.5 Å². The van der Waals surface area contributed by atoms with E-state index in [0.29, 0.717) is 31.1 Å². The number of ether oxygens (including phenoxy) is 2. The van der Waals surface area contributed by atoms with Crippen molar-refractivity contribution in [3.05, 3.63) is 30.7 Å². The maximum atomic E-state index is 13.5. The van der Waals surface area contributed by atoms with E-state index >= 15 is 0 Å². The summed E-state index contributed by atoms with van der Waals surface area (Å²) in [5.41, 5.74) is -0.334. The number of nitriles is 1. The predicted octanol–water partition coefficient (Wildman–Crippen LogP) is 1.84. The van der Waals surface area contributed by atoms with Gasteiger partial charge in [-0.2, -0.15) is 5.26 Å². The van der Waals surface area contributed by atoms with E-state index in [0.717, 1.165) is 5.56 Å². The van der Waals surface area contributed by atoms with E-state index in [1.165, 1.54) is 9.80 Å². The number of thiol groups is 1. The van der Waals surface area contributed by atoms with Crippen molar-refractivity contribution >= 4 is 24.4 Å². The topological polar surface area (TPSA) is 86.1 Å². The van der Waals surface area contributed by atoms with Crippen LogP contribution in [0.5, 0.6) is 11.5 Å². The molecule has 8 nitrogen and oxygen atoms in total. The Morgan fingerprint density at radius 3 is 2.66 bits per heavy atom. The molecule has 4 atom stereocenters. The zero-order valence-electron chi connectivity index (χ0n) is 18.5. The van der Waals surface area contributed by atoms with E-state index in [2.05, 4.69) is 13.0 Å². The van der Waals surface area contributed by atoms with Crippen LogP contribution in [0.25, 0.3) is 0 Å². The second kappa shape index (κ2) is 9.10. The third-order valence-corrected chi connectivity index (χ3v) is 7.35. The average molecular weight is 682 g/mol. The van der Waals surface area contributed by atoms with Gasteiger partial charge in [-0.3, -0.25) is 9.59 Å². The van der Waals surface area contributed by atoms with Crippen molar-refractivity contribution < 1.29 is 50.2 Å². The number of piperazine rings is 1. The fourth-order valence-corrected chi connectivity index (χ4v) is 5.63. The van der Waals surface area contributed by atoms with Gasteiger partial charge >= 0.3 is 0 Å². The molecule has 3 aliphatic heterocycles. The molecule has 1 aromatic rings. The molecule has 10 heteroatoms. The molecule has 32 heavy (non-hydrogen) atoms. The molecule has 2 fully saturated rings. The molecule has 0 N–H and O–H groups in total. The summed E-state index contributed by atoms with van der Waals surface area (Å²) >= 11 is 4.77. The molecule has 2 saturated heterocycles. The third kappa shape index (κ3) is 3.62. The van der Waals surface area contributed by atoms with Crippen LogP contribution in [0.3, 0.4) is 0 Å². The summed E-state index contributed by atoms with van der Waals surface area (Å²) in [6, 6.07) is 6.60. The SMILES string of the molecule is [CH2-]CN(CC)C[C@]1(C#N)C[C@]2(S)C(=O)N(C)[C@@H](C)C(=O)N2[C@H]1c1ccc2c(c1)OCO2.[U]. The van der Waals surface area contributed by atoms with Crippen LogP contribution in [0.1, 0.15) is 31.9 Å². The maximum absolute atomic E-state index is 13.5. The Labute approximate surface area is 218 Å². The first-order valence-corrected chi connectivity index (χ1v) is 10.8. The largest absolute Gasteiger partial charge is 0.454 e. The second-order valence-electron chi connectivity index (χ2n) is 8.45. The fourth-order valence-electron chi connectivity index (χ4n) is 4.97. The molecule has 0 radical (unpaired) electrons. The Bertz CT molecular complexity index is 968. The van der Waals surface area contributed by atoms with Gasteiger partial charge < -0.3 is 31.1 Å². The van der Waals surface area contributed by atoms with Crippen molar-refractivity contribution in [1.82, 2.24) is 14.7 Å². The monoisotopic (exact) mass is 681 g/mol. The Morgan fingerprint density at radius 2 is 2.03 bits per heavy atom. The zero-order valence-corrected chi connectivity index (χ0v) is 23.6. The predicted molar refractivity (Wildman–Crippen MR) is 116 cm³/mol. The van der Waals surface area contributed by atoms with Gasteiger partial charge in [-0.1, -0.05) is 13.0 Å². The minimum absolute atomic E-state index is 0. The summed E-state index contributed by atoms with van der Waals surface area (Å²) in [7, 11) is 1.61. The van der Waals surface area contributed by atoms with E-state index in [-0.39, 0.29) is 56.1 Å². The average Bonchev–Trinajstić information content (AvgIpc) is 3.35.